The summed E-state index contributed by atoms with van der Waals surface area (Å²) in [5.74, 6) is 0.0643. The van der Waals surface area contributed by atoms with Crippen molar-refractivity contribution >= 4 is 22.1 Å². The number of carbonyl (C=O) groups excluding carboxylic acids is 2. The quantitative estimate of drug-likeness (QED) is 0.253. The molecule has 200 valence electrons. The Labute approximate surface area is 210 Å². The SMILES string of the molecule is CCCCS(=O)(=O)N[C@@H](Cc1ccc(OCCCCCCNC(=O)OC(C)(C)C)cc1)C(=O)OC. The van der Waals surface area contributed by atoms with Crippen LogP contribution in [0.15, 0.2) is 24.3 Å². The maximum atomic E-state index is 12.2. The van der Waals surface area contributed by atoms with Crippen molar-refractivity contribution in [1.82, 2.24) is 10.0 Å². The van der Waals surface area contributed by atoms with E-state index >= 15 is 0 Å². The van der Waals surface area contributed by atoms with Crippen LogP contribution in [0.3, 0.4) is 0 Å². The first-order valence-corrected chi connectivity index (χ1v) is 13.9. The number of methoxy groups -OCH3 is 1. The minimum atomic E-state index is -3.56. The minimum Gasteiger partial charge on any atom is -0.494 e. The Morgan fingerprint density at radius 1 is 1.00 bits per heavy atom. The summed E-state index contributed by atoms with van der Waals surface area (Å²) < 4.78 is 42.6. The summed E-state index contributed by atoms with van der Waals surface area (Å²) in [4.78, 5) is 23.7. The lowest BCUT2D eigenvalue weighted by atomic mass is 10.1. The Kier molecular flexibility index (Phi) is 13.7. The maximum absolute atomic E-state index is 12.2. The molecular weight excluding hydrogens is 472 g/mol. The van der Waals surface area contributed by atoms with E-state index in [1.165, 1.54) is 7.11 Å². The van der Waals surface area contributed by atoms with Gasteiger partial charge in [-0.1, -0.05) is 38.3 Å². The van der Waals surface area contributed by atoms with Gasteiger partial charge >= 0.3 is 12.1 Å². The number of carbonyl (C=O) groups is 2. The Morgan fingerprint density at radius 3 is 2.26 bits per heavy atom. The van der Waals surface area contributed by atoms with Crippen molar-refractivity contribution in [3.63, 3.8) is 0 Å². The smallest absolute Gasteiger partial charge is 0.407 e. The molecule has 1 rings (SSSR count). The number of ether oxygens (including phenoxy) is 3. The van der Waals surface area contributed by atoms with Gasteiger partial charge in [0.2, 0.25) is 10.0 Å². The molecule has 0 saturated carbocycles. The molecule has 1 aromatic rings. The first kappa shape index (κ1) is 30.7. The van der Waals surface area contributed by atoms with Crippen molar-refractivity contribution < 1.29 is 32.2 Å². The van der Waals surface area contributed by atoms with Crippen molar-refractivity contribution in [3.8, 4) is 5.75 Å². The Morgan fingerprint density at radius 2 is 1.66 bits per heavy atom. The zero-order valence-corrected chi connectivity index (χ0v) is 22.5. The number of nitrogens with one attached hydrogen (secondary N) is 2. The van der Waals surface area contributed by atoms with E-state index in [9.17, 15) is 18.0 Å². The molecule has 0 unspecified atom stereocenters. The van der Waals surface area contributed by atoms with Crippen molar-refractivity contribution in [1.29, 1.82) is 0 Å². The number of rotatable bonds is 16. The van der Waals surface area contributed by atoms with E-state index in [0.717, 1.165) is 37.7 Å². The van der Waals surface area contributed by atoms with Gasteiger partial charge in [-0.3, -0.25) is 4.79 Å². The zero-order valence-electron chi connectivity index (χ0n) is 21.7. The molecule has 0 radical (unpaired) electrons. The Bertz CT molecular complexity index is 865. The first-order valence-electron chi connectivity index (χ1n) is 12.2. The number of unbranched alkanes of at least 4 members (excludes halogenated alkanes) is 4. The summed E-state index contributed by atoms with van der Waals surface area (Å²) in [5.41, 5.74) is 0.303. The highest BCUT2D eigenvalue weighted by molar-refractivity contribution is 7.89. The standard InChI is InChI=1S/C25H42N2O7S/c1-6-7-18-35(30,31)27-22(23(28)32-5)19-20-12-14-21(15-13-20)33-17-11-9-8-10-16-26-24(29)34-25(2,3)4/h12-15,22,27H,6-11,16-19H2,1-5H3,(H,26,29)/t22-/m0/s1. The molecule has 1 atom stereocenters. The van der Waals surface area contributed by atoms with Crippen LogP contribution >= 0.6 is 0 Å². The largest absolute Gasteiger partial charge is 0.494 e. The lowest BCUT2D eigenvalue weighted by Gasteiger charge is -2.19. The number of esters is 1. The summed E-state index contributed by atoms with van der Waals surface area (Å²) in [5, 5.41) is 2.75. The average molecular weight is 515 g/mol. The van der Waals surface area contributed by atoms with Crippen LogP contribution in [0.5, 0.6) is 5.75 Å². The monoisotopic (exact) mass is 514 g/mol. The lowest BCUT2D eigenvalue weighted by Crippen LogP contribution is -2.43. The molecule has 0 aliphatic heterocycles. The Balaban J connectivity index is 2.35. The van der Waals surface area contributed by atoms with Crippen molar-refractivity contribution in [2.45, 2.75) is 84.3 Å². The summed E-state index contributed by atoms with van der Waals surface area (Å²) >= 11 is 0. The number of alkyl carbamates (subject to hydrolysis) is 1. The van der Waals surface area contributed by atoms with E-state index in [4.69, 9.17) is 14.2 Å². The van der Waals surface area contributed by atoms with Gasteiger partial charge in [-0.25, -0.2) is 17.9 Å². The van der Waals surface area contributed by atoms with Crippen LogP contribution in [0.25, 0.3) is 0 Å². The van der Waals surface area contributed by atoms with E-state index < -0.39 is 33.7 Å². The normalized spacial score (nSPS) is 12.6. The van der Waals surface area contributed by atoms with Crippen molar-refractivity contribution in [2.24, 2.45) is 0 Å². The number of hydrogen-bond donors (Lipinski definition) is 2. The molecule has 0 bridgehead atoms. The highest BCUT2D eigenvalue weighted by Gasteiger charge is 2.25. The Hall–Kier alpha value is -2.33. The van der Waals surface area contributed by atoms with Crippen molar-refractivity contribution in [3.05, 3.63) is 29.8 Å². The predicted molar refractivity (Wildman–Crippen MR) is 136 cm³/mol. The van der Waals surface area contributed by atoms with Crippen LogP contribution in [0, 0.1) is 0 Å². The molecule has 2 N–H and O–H groups in total. The molecule has 35 heavy (non-hydrogen) atoms. The molecule has 0 saturated heterocycles. The summed E-state index contributed by atoms with van der Waals surface area (Å²) in [6.45, 7) is 8.55. The van der Waals surface area contributed by atoms with Crippen LogP contribution in [-0.4, -0.2) is 58.1 Å². The van der Waals surface area contributed by atoms with E-state index in [2.05, 4.69) is 10.0 Å². The fourth-order valence-electron chi connectivity index (χ4n) is 3.16. The summed E-state index contributed by atoms with van der Waals surface area (Å²) in [6.07, 6.45) is 4.78. The molecule has 10 heteroatoms. The third kappa shape index (κ3) is 14.6. The summed E-state index contributed by atoms with van der Waals surface area (Å²) in [7, 11) is -2.32. The van der Waals surface area contributed by atoms with Crippen LogP contribution in [0.1, 0.15) is 71.8 Å². The van der Waals surface area contributed by atoms with Gasteiger partial charge in [0.05, 0.1) is 19.5 Å². The first-order chi connectivity index (χ1) is 16.5. The number of sulfonamides is 1. The highest BCUT2D eigenvalue weighted by Crippen LogP contribution is 2.15. The number of amides is 1. The second-order valence-corrected chi connectivity index (χ2v) is 11.3. The van der Waals surface area contributed by atoms with E-state index in [-0.39, 0.29) is 12.2 Å². The second-order valence-electron chi connectivity index (χ2n) is 9.41. The lowest BCUT2D eigenvalue weighted by molar-refractivity contribution is -0.142. The van der Waals surface area contributed by atoms with E-state index in [1.807, 2.05) is 39.8 Å². The average Bonchev–Trinajstić information content (AvgIpc) is 2.78. The molecule has 1 aromatic carbocycles. The van der Waals surface area contributed by atoms with E-state index in [1.54, 1.807) is 12.1 Å². The van der Waals surface area contributed by atoms with Gasteiger partial charge in [-0.05, 0) is 64.2 Å². The zero-order chi connectivity index (χ0) is 26.3. The van der Waals surface area contributed by atoms with Gasteiger partial charge < -0.3 is 19.5 Å². The molecular formula is C25H42N2O7S. The van der Waals surface area contributed by atoms with Gasteiger partial charge in [0.25, 0.3) is 0 Å². The fraction of sp³-hybridized carbons (Fsp3) is 0.680. The van der Waals surface area contributed by atoms with Gasteiger partial charge in [-0.2, -0.15) is 0 Å². The second kappa shape index (κ2) is 15.6. The van der Waals surface area contributed by atoms with Gasteiger partial charge in [0.15, 0.2) is 0 Å². The van der Waals surface area contributed by atoms with Crippen LogP contribution in [0.2, 0.25) is 0 Å². The fourth-order valence-corrected chi connectivity index (χ4v) is 4.56. The number of benzene rings is 1. The van der Waals surface area contributed by atoms with Gasteiger partial charge in [0, 0.05) is 6.54 Å². The van der Waals surface area contributed by atoms with E-state index in [0.29, 0.717) is 25.3 Å². The third-order valence-electron chi connectivity index (χ3n) is 4.95. The van der Waals surface area contributed by atoms with Crippen molar-refractivity contribution in [2.75, 3.05) is 26.0 Å². The maximum Gasteiger partial charge on any atom is 0.407 e. The van der Waals surface area contributed by atoms with Gasteiger partial charge in [-0.15, -0.1) is 0 Å². The summed E-state index contributed by atoms with van der Waals surface area (Å²) in [6, 6.07) is 6.26. The highest BCUT2D eigenvalue weighted by atomic mass is 32.2. The van der Waals surface area contributed by atoms with Crippen LogP contribution in [-0.2, 0) is 30.7 Å². The molecule has 0 aromatic heterocycles. The molecule has 0 aliphatic carbocycles. The topological polar surface area (TPSA) is 120 Å². The minimum absolute atomic E-state index is 0.0238. The van der Waals surface area contributed by atoms with Gasteiger partial charge in [0.1, 0.15) is 17.4 Å². The van der Waals surface area contributed by atoms with Crippen LogP contribution < -0.4 is 14.8 Å². The third-order valence-corrected chi connectivity index (χ3v) is 6.42. The molecule has 1 amide bonds. The van der Waals surface area contributed by atoms with Crippen LogP contribution in [0.4, 0.5) is 4.79 Å². The molecule has 0 aliphatic rings. The number of hydrogen-bond acceptors (Lipinski definition) is 7. The molecule has 0 heterocycles. The molecule has 0 spiro atoms. The molecule has 9 nitrogen and oxygen atoms in total. The molecule has 0 fully saturated rings. The predicted octanol–water partition coefficient (Wildman–Crippen LogP) is 3.95.